The van der Waals surface area contributed by atoms with Gasteiger partial charge in [-0.2, -0.15) is 15.0 Å². The summed E-state index contributed by atoms with van der Waals surface area (Å²) in [6, 6.07) is 9.89. The van der Waals surface area contributed by atoms with Crippen LogP contribution in [0, 0.1) is 11.8 Å². The lowest BCUT2D eigenvalue weighted by atomic mass is 9.75. The number of rotatable bonds is 4. The highest BCUT2D eigenvalue weighted by Crippen LogP contribution is 2.36. The van der Waals surface area contributed by atoms with Crippen LogP contribution in [0.25, 0.3) is 0 Å². The van der Waals surface area contributed by atoms with Crippen LogP contribution in [0.2, 0.25) is 0 Å². The Labute approximate surface area is 148 Å². The first-order chi connectivity index (χ1) is 12.3. The van der Waals surface area contributed by atoms with E-state index >= 15 is 0 Å². The molecule has 6 heteroatoms. The van der Waals surface area contributed by atoms with Crippen LogP contribution in [-0.4, -0.2) is 32.9 Å². The molecule has 1 aromatic carbocycles. The smallest absolute Gasteiger partial charge is 0.232 e. The number of nitrogens with two attached hydrogens (primary N) is 1. The van der Waals surface area contributed by atoms with Crippen molar-refractivity contribution in [3.8, 4) is 0 Å². The third kappa shape index (κ3) is 4.07. The minimum Gasteiger partial charge on any atom is -0.368 e. The van der Waals surface area contributed by atoms with Gasteiger partial charge in [-0.1, -0.05) is 37.5 Å². The molecule has 6 nitrogen and oxygen atoms in total. The standard InChI is InChI=1S/C19H26N6/c20-18-22-17(23-19(24-18)21-16-8-2-1-3-9-16)13-25-11-10-14-6-4-5-7-15(14)12-25/h1-3,8-9,14-15H,4-7,10-13H2,(H3,20,21,22,23,24)/t14-,15+/m0/s1. The van der Waals surface area contributed by atoms with Crippen molar-refractivity contribution in [2.45, 2.75) is 38.6 Å². The second-order valence-corrected chi connectivity index (χ2v) is 7.25. The maximum absolute atomic E-state index is 5.90. The van der Waals surface area contributed by atoms with E-state index in [1.807, 2.05) is 30.3 Å². The molecule has 1 aliphatic heterocycles. The van der Waals surface area contributed by atoms with Crippen molar-refractivity contribution in [2.24, 2.45) is 11.8 Å². The first kappa shape index (κ1) is 16.3. The van der Waals surface area contributed by atoms with Crippen LogP contribution in [0.5, 0.6) is 0 Å². The molecule has 1 saturated heterocycles. The fourth-order valence-corrected chi connectivity index (χ4v) is 4.23. The molecule has 1 aromatic heterocycles. The summed E-state index contributed by atoms with van der Waals surface area (Å²) >= 11 is 0. The van der Waals surface area contributed by atoms with E-state index in [1.54, 1.807) is 0 Å². The molecule has 3 N–H and O–H groups in total. The molecule has 4 rings (SSSR count). The highest BCUT2D eigenvalue weighted by atomic mass is 15.2. The number of piperidine rings is 1. The van der Waals surface area contributed by atoms with Gasteiger partial charge in [0, 0.05) is 12.2 Å². The molecule has 2 heterocycles. The van der Waals surface area contributed by atoms with Gasteiger partial charge >= 0.3 is 0 Å². The number of hydrogen-bond acceptors (Lipinski definition) is 6. The van der Waals surface area contributed by atoms with Crippen LogP contribution >= 0.6 is 0 Å². The van der Waals surface area contributed by atoms with Crippen molar-refractivity contribution in [2.75, 3.05) is 24.1 Å². The number of para-hydroxylation sites is 1. The summed E-state index contributed by atoms with van der Waals surface area (Å²) in [6.07, 6.45) is 6.91. The monoisotopic (exact) mass is 338 g/mol. The summed E-state index contributed by atoms with van der Waals surface area (Å²) < 4.78 is 0. The molecule has 2 aliphatic rings. The third-order valence-corrected chi connectivity index (χ3v) is 5.47. The number of hydrogen-bond donors (Lipinski definition) is 2. The van der Waals surface area contributed by atoms with E-state index in [9.17, 15) is 0 Å². The Balaban J connectivity index is 1.43. The van der Waals surface area contributed by atoms with E-state index < -0.39 is 0 Å². The van der Waals surface area contributed by atoms with Gasteiger partial charge in [-0.15, -0.1) is 0 Å². The van der Waals surface area contributed by atoms with Crippen LogP contribution in [0.4, 0.5) is 17.6 Å². The zero-order valence-corrected chi connectivity index (χ0v) is 14.6. The maximum Gasteiger partial charge on any atom is 0.232 e. The van der Waals surface area contributed by atoms with E-state index in [4.69, 9.17) is 5.73 Å². The fourth-order valence-electron chi connectivity index (χ4n) is 4.23. The van der Waals surface area contributed by atoms with Crippen molar-refractivity contribution >= 4 is 17.6 Å². The lowest BCUT2D eigenvalue weighted by molar-refractivity contribution is 0.0803. The van der Waals surface area contributed by atoms with Gasteiger partial charge in [0.1, 0.15) is 5.82 Å². The number of aromatic nitrogens is 3. The van der Waals surface area contributed by atoms with E-state index in [0.717, 1.165) is 43.0 Å². The average Bonchev–Trinajstić information content (AvgIpc) is 2.62. The Morgan fingerprint density at radius 1 is 1.00 bits per heavy atom. The van der Waals surface area contributed by atoms with Gasteiger partial charge < -0.3 is 11.1 Å². The lowest BCUT2D eigenvalue weighted by Crippen LogP contribution is -2.41. The second-order valence-electron chi connectivity index (χ2n) is 7.25. The molecular formula is C19H26N6. The van der Waals surface area contributed by atoms with Gasteiger partial charge in [-0.05, 0) is 43.4 Å². The van der Waals surface area contributed by atoms with Crippen LogP contribution in [0.1, 0.15) is 37.9 Å². The minimum atomic E-state index is 0.274. The fraction of sp³-hybridized carbons (Fsp3) is 0.526. The maximum atomic E-state index is 5.90. The van der Waals surface area contributed by atoms with Gasteiger partial charge in [-0.3, -0.25) is 4.90 Å². The summed E-state index contributed by atoms with van der Waals surface area (Å²) in [5.74, 6) is 3.32. The number of benzene rings is 1. The van der Waals surface area contributed by atoms with Gasteiger partial charge in [0.25, 0.3) is 0 Å². The molecule has 0 radical (unpaired) electrons. The summed E-state index contributed by atoms with van der Waals surface area (Å²) in [6.45, 7) is 3.05. The average molecular weight is 338 g/mol. The quantitative estimate of drug-likeness (QED) is 0.891. The molecule has 2 aromatic rings. The van der Waals surface area contributed by atoms with Crippen molar-refractivity contribution in [1.29, 1.82) is 0 Å². The predicted octanol–water partition coefficient (Wildman–Crippen LogP) is 3.21. The van der Waals surface area contributed by atoms with Crippen molar-refractivity contribution in [3.63, 3.8) is 0 Å². The summed E-state index contributed by atoms with van der Waals surface area (Å²) in [5, 5.41) is 3.21. The zero-order chi connectivity index (χ0) is 17.1. The van der Waals surface area contributed by atoms with Crippen LogP contribution in [0.3, 0.4) is 0 Å². The molecule has 2 atom stereocenters. The second kappa shape index (κ2) is 7.35. The highest BCUT2D eigenvalue weighted by Gasteiger charge is 2.31. The number of nitrogens with zero attached hydrogens (tertiary/aromatic N) is 4. The van der Waals surface area contributed by atoms with Crippen LogP contribution in [0.15, 0.2) is 30.3 Å². The Hall–Kier alpha value is -2.21. The SMILES string of the molecule is Nc1nc(CN2CC[C@@H]3CCCC[C@@H]3C2)nc(Nc2ccccc2)n1. The number of fused-ring (bicyclic) bond motifs is 1. The molecule has 132 valence electrons. The highest BCUT2D eigenvalue weighted by molar-refractivity contribution is 5.53. The zero-order valence-electron chi connectivity index (χ0n) is 14.6. The molecule has 1 aliphatic carbocycles. The van der Waals surface area contributed by atoms with Crippen molar-refractivity contribution in [1.82, 2.24) is 19.9 Å². The van der Waals surface area contributed by atoms with Crippen molar-refractivity contribution < 1.29 is 0 Å². The van der Waals surface area contributed by atoms with E-state index in [2.05, 4.69) is 25.2 Å². The Morgan fingerprint density at radius 3 is 2.64 bits per heavy atom. The molecule has 0 amide bonds. The van der Waals surface area contributed by atoms with Crippen LogP contribution < -0.4 is 11.1 Å². The summed E-state index contributed by atoms with van der Waals surface area (Å²) in [5.41, 5.74) is 6.85. The molecule has 2 fully saturated rings. The van der Waals surface area contributed by atoms with E-state index in [0.29, 0.717) is 5.95 Å². The first-order valence-corrected chi connectivity index (χ1v) is 9.31. The van der Waals surface area contributed by atoms with Crippen molar-refractivity contribution in [3.05, 3.63) is 36.2 Å². The normalized spacial score (nSPS) is 23.8. The number of nitrogens with one attached hydrogen (secondary N) is 1. The summed E-state index contributed by atoms with van der Waals surface area (Å²) in [4.78, 5) is 15.6. The first-order valence-electron chi connectivity index (χ1n) is 9.31. The van der Waals surface area contributed by atoms with E-state index in [-0.39, 0.29) is 5.95 Å². The van der Waals surface area contributed by atoms with Gasteiger partial charge in [-0.25, -0.2) is 0 Å². The Bertz CT molecular complexity index is 704. The Morgan fingerprint density at radius 2 is 1.80 bits per heavy atom. The number of nitrogen functional groups attached to an aromatic ring is 1. The third-order valence-electron chi connectivity index (χ3n) is 5.47. The molecule has 0 spiro atoms. The molecular weight excluding hydrogens is 312 g/mol. The minimum absolute atomic E-state index is 0.274. The van der Waals surface area contributed by atoms with Gasteiger partial charge in [0.15, 0.2) is 0 Å². The Kier molecular flexibility index (Phi) is 4.78. The molecule has 0 unspecified atom stereocenters. The van der Waals surface area contributed by atoms with Gasteiger partial charge in [0.05, 0.1) is 6.54 Å². The number of anilines is 3. The summed E-state index contributed by atoms with van der Waals surface area (Å²) in [7, 11) is 0. The topological polar surface area (TPSA) is 80.0 Å². The number of likely N-dealkylation sites (tertiary alicyclic amines) is 1. The molecule has 1 saturated carbocycles. The van der Waals surface area contributed by atoms with Crippen LogP contribution in [-0.2, 0) is 6.54 Å². The van der Waals surface area contributed by atoms with Gasteiger partial charge in [0.2, 0.25) is 11.9 Å². The molecule has 25 heavy (non-hydrogen) atoms. The molecule has 0 bridgehead atoms. The largest absolute Gasteiger partial charge is 0.368 e. The lowest BCUT2D eigenvalue weighted by Gasteiger charge is -2.41. The predicted molar refractivity (Wildman–Crippen MR) is 99.3 cm³/mol. The van der Waals surface area contributed by atoms with E-state index in [1.165, 1.54) is 32.1 Å².